The second kappa shape index (κ2) is 3.68. The number of nitrogens with one attached hydrogen (secondary N) is 1. The number of aromatic amines is 1. The van der Waals surface area contributed by atoms with E-state index >= 15 is 0 Å². The van der Waals surface area contributed by atoms with Crippen LogP contribution in [0.1, 0.15) is 11.3 Å². The van der Waals surface area contributed by atoms with Gasteiger partial charge in [0.1, 0.15) is 5.69 Å². The third kappa shape index (κ3) is 1.39. The zero-order chi connectivity index (χ0) is 11.1. The molecule has 0 unspecified atom stereocenters. The van der Waals surface area contributed by atoms with E-state index in [-0.39, 0.29) is 5.56 Å². The highest BCUT2D eigenvalue weighted by atomic mass is 35.5. The fourth-order valence-corrected chi connectivity index (χ4v) is 3.01. The van der Waals surface area contributed by atoms with E-state index in [0.29, 0.717) is 10.8 Å². The average molecular weight is 254 g/mol. The van der Waals surface area contributed by atoms with Gasteiger partial charge in [0.15, 0.2) is 5.15 Å². The van der Waals surface area contributed by atoms with E-state index in [1.807, 2.05) is 0 Å². The Morgan fingerprint density at radius 2 is 2.38 bits per heavy atom. The predicted octanol–water partition coefficient (Wildman–Crippen LogP) is 1.96. The van der Waals surface area contributed by atoms with Gasteiger partial charge in [-0.2, -0.15) is 11.8 Å². The van der Waals surface area contributed by atoms with Crippen LogP contribution in [0.15, 0.2) is 23.1 Å². The van der Waals surface area contributed by atoms with Crippen molar-refractivity contribution in [2.75, 3.05) is 0 Å². The quantitative estimate of drug-likeness (QED) is 0.791. The molecule has 0 spiro atoms. The number of nitrogens with zero attached hydrogens (tertiary/aromatic N) is 2. The Kier molecular flexibility index (Phi) is 2.29. The number of rotatable bonds is 1. The first-order chi connectivity index (χ1) is 7.77. The smallest absolute Gasteiger partial charge is 0.275 e. The second-order valence-corrected chi connectivity index (χ2v) is 4.86. The highest BCUT2D eigenvalue weighted by molar-refractivity contribution is 7.98. The van der Waals surface area contributed by atoms with Crippen molar-refractivity contribution in [1.82, 2.24) is 14.8 Å². The Balaban J connectivity index is 2.22. The lowest BCUT2D eigenvalue weighted by molar-refractivity contribution is 0.827. The third-order valence-electron chi connectivity index (χ3n) is 2.55. The van der Waals surface area contributed by atoms with Crippen LogP contribution in [0, 0.1) is 0 Å². The topological polar surface area (TPSA) is 50.7 Å². The van der Waals surface area contributed by atoms with Gasteiger partial charge in [-0.15, -0.1) is 0 Å². The maximum absolute atomic E-state index is 12.0. The molecule has 0 saturated carbocycles. The molecule has 0 saturated heterocycles. The molecule has 0 aliphatic carbocycles. The highest BCUT2D eigenvalue weighted by Gasteiger charge is 2.21. The Morgan fingerprint density at radius 1 is 1.50 bits per heavy atom. The van der Waals surface area contributed by atoms with Crippen molar-refractivity contribution in [3.63, 3.8) is 0 Å². The van der Waals surface area contributed by atoms with Crippen LogP contribution in [-0.2, 0) is 11.5 Å². The number of H-pyrrole nitrogens is 1. The van der Waals surface area contributed by atoms with Crippen molar-refractivity contribution in [2.24, 2.45) is 0 Å². The van der Waals surface area contributed by atoms with Crippen molar-refractivity contribution in [3.8, 4) is 5.69 Å². The monoisotopic (exact) mass is 253 g/mol. The van der Waals surface area contributed by atoms with Gasteiger partial charge in [-0.05, 0) is 12.1 Å². The van der Waals surface area contributed by atoms with Crippen LogP contribution < -0.4 is 5.56 Å². The van der Waals surface area contributed by atoms with E-state index in [2.05, 4.69) is 10.1 Å². The van der Waals surface area contributed by atoms with E-state index in [4.69, 9.17) is 11.6 Å². The second-order valence-electron chi connectivity index (χ2n) is 3.52. The minimum Gasteiger partial charge on any atom is -0.294 e. The number of aromatic nitrogens is 3. The van der Waals surface area contributed by atoms with Crippen LogP contribution in [0.4, 0.5) is 0 Å². The van der Waals surface area contributed by atoms with Gasteiger partial charge in [-0.3, -0.25) is 9.89 Å². The summed E-state index contributed by atoms with van der Waals surface area (Å²) < 4.78 is 1.47. The molecule has 1 aliphatic heterocycles. The molecule has 3 rings (SSSR count). The van der Waals surface area contributed by atoms with Crippen LogP contribution in [0.25, 0.3) is 5.69 Å². The van der Waals surface area contributed by atoms with Gasteiger partial charge < -0.3 is 0 Å². The largest absolute Gasteiger partial charge is 0.294 e. The molecular formula is C10H8ClN3OS. The molecule has 3 heterocycles. The zero-order valence-corrected chi connectivity index (χ0v) is 9.81. The fraction of sp³-hybridized carbons (Fsp3) is 0.200. The molecule has 1 aliphatic rings. The fourth-order valence-electron chi connectivity index (χ4n) is 1.75. The Bertz CT molecular complexity index is 604. The standard InChI is InChI=1S/C10H8ClN3OS/c11-9-8(2-1-3-12-9)14-10(15)6-4-16-5-7(6)13-14/h1-3,13H,4-5H2. The normalized spacial score (nSPS) is 14.1. The van der Waals surface area contributed by atoms with Crippen molar-refractivity contribution >= 4 is 23.4 Å². The number of hydrogen-bond donors (Lipinski definition) is 1. The van der Waals surface area contributed by atoms with Crippen LogP contribution in [0.2, 0.25) is 5.15 Å². The van der Waals surface area contributed by atoms with E-state index in [1.165, 1.54) is 4.68 Å². The Morgan fingerprint density at radius 3 is 3.12 bits per heavy atom. The molecule has 2 aromatic heterocycles. The maximum Gasteiger partial charge on any atom is 0.275 e. The van der Waals surface area contributed by atoms with Gasteiger partial charge in [0.2, 0.25) is 0 Å². The first kappa shape index (κ1) is 9.99. The number of halogens is 1. The number of fused-ring (bicyclic) bond motifs is 1. The number of thioether (sulfide) groups is 1. The molecule has 82 valence electrons. The van der Waals surface area contributed by atoms with Crippen LogP contribution in [0.5, 0.6) is 0 Å². The summed E-state index contributed by atoms with van der Waals surface area (Å²) in [6.07, 6.45) is 1.60. The SMILES string of the molecule is O=c1c2c([nH]n1-c1cccnc1Cl)CSC2. The molecule has 6 heteroatoms. The van der Waals surface area contributed by atoms with Gasteiger partial charge in [-0.25, -0.2) is 9.67 Å². The predicted molar refractivity (Wildman–Crippen MR) is 64.2 cm³/mol. The van der Waals surface area contributed by atoms with Crippen LogP contribution in [-0.4, -0.2) is 14.8 Å². The van der Waals surface area contributed by atoms with Gasteiger partial charge in [-0.1, -0.05) is 11.6 Å². The molecule has 1 N–H and O–H groups in total. The van der Waals surface area contributed by atoms with Crippen LogP contribution in [0.3, 0.4) is 0 Å². The number of hydrogen-bond acceptors (Lipinski definition) is 3. The molecule has 4 nitrogen and oxygen atoms in total. The molecule has 0 bridgehead atoms. The summed E-state index contributed by atoms with van der Waals surface area (Å²) in [6.45, 7) is 0. The molecule has 0 aromatic carbocycles. The molecule has 0 amide bonds. The lowest BCUT2D eigenvalue weighted by atomic mass is 10.3. The summed E-state index contributed by atoms with van der Waals surface area (Å²) in [5, 5.41) is 3.41. The highest BCUT2D eigenvalue weighted by Crippen LogP contribution is 2.27. The van der Waals surface area contributed by atoms with Crippen molar-refractivity contribution < 1.29 is 0 Å². The third-order valence-corrected chi connectivity index (χ3v) is 3.82. The van der Waals surface area contributed by atoms with Gasteiger partial charge in [0, 0.05) is 17.7 Å². The van der Waals surface area contributed by atoms with E-state index < -0.39 is 0 Å². The van der Waals surface area contributed by atoms with Crippen LogP contribution >= 0.6 is 23.4 Å². The first-order valence-electron chi connectivity index (χ1n) is 4.79. The van der Waals surface area contributed by atoms with E-state index in [9.17, 15) is 4.79 Å². The summed E-state index contributed by atoms with van der Waals surface area (Å²) in [5.74, 6) is 1.63. The van der Waals surface area contributed by atoms with Gasteiger partial charge in [0.25, 0.3) is 5.56 Å². The lowest BCUT2D eigenvalue weighted by Gasteiger charge is -2.03. The summed E-state index contributed by atoms with van der Waals surface area (Å²) in [5.41, 5.74) is 2.43. The summed E-state index contributed by atoms with van der Waals surface area (Å²) in [4.78, 5) is 16.0. The minimum atomic E-state index is -0.0186. The van der Waals surface area contributed by atoms with E-state index in [1.54, 1.807) is 30.1 Å². The average Bonchev–Trinajstić information content (AvgIpc) is 2.83. The Labute approximate surface area is 101 Å². The summed E-state index contributed by atoms with van der Waals surface area (Å²) in [6, 6.07) is 3.53. The minimum absolute atomic E-state index is 0.0186. The van der Waals surface area contributed by atoms with Crippen molar-refractivity contribution in [3.05, 3.63) is 45.1 Å². The summed E-state index contributed by atoms with van der Waals surface area (Å²) >= 11 is 7.70. The molecule has 2 aromatic rings. The van der Waals surface area contributed by atoms with Crippen molar-refractivity contribution in [2.45, 2.75) is 11.5 Å². The van der Waals surface area contributed by atoms with Gasteiger partial charge >= 0.3 is 0 Å². The summed E-state index contributed by atoms with van der Waals surface area (Å²) in [7, 11) is 0. The molecule has 0 fully saturated rings. The lowest BCUT2D eigenvalue weighted by Crippen LogP contribution is -2.17. The van der Waals surface area contributed by atoms with E-state index in [0.717, 1.165) is 22.8 Å². The molecule has 0 radical (unpaired) electrons. The zero-order valence-electron chi connectivity index (χ0n) is 8.24. The maximum atomic E-state index is 12.0. The Hall–Kier alpha value is -1.20. The number of pyridine rings is 1. The van der Waals surface area contributed by atoms with Crippen molar-refractivity contribution in [1.29, 1.82) is 0 Å². The van der Waals surface area contributed by atoms with Gasteiger partial charge in [0.05, 0.1) is 11.3 Å². The molecule has 16 heavy (non-hydrogen) atoms. The first-order valence-corrected chi connectivity index (χ1v) is 6.32. The molecular weight excluding hydrogens is 246 g/mol. The molecule has 0 atom stereocenters.